The Morgan fingerprint density at radius 3 is 2.93 bits per heavy atom. The molecule has 0 aliphatic rings. The van der Waals surface area contributed by atoms with E-state index in [0.717, 1.165) is 11.3 Å². The van der Waals surface area contributed by atoms with Gasteiger partial charge in [-0.3, -0.25) is 9.36 Å². The van der Waals surface area contributed by atoms with E-state index in [2.05, 4.69) is 32.8 Å². The molecule has 2 aromatic rings. The highest BCUT2D eigenvalue weighted by Gasteiger charge is 2.08. The minimum absolute atomic E-state index is 0.0603. The Hall–Kier alpha value is -1.18. The van der Waals surface area contributed by atoms with Crippen molar-refractivity contribution in [3.63, 3.8) is 0 Å². The zero-order chi connectivity index (χ0) is 11.0. The van der Waals surface area contributed by atoms with Crippen molar-refractivity contribution in [2.75, 3.05) is 10.2 Å². The van der Waals surface area contributed by atoms with Crippen LogP contribution >= 0.6 is 22.9 Å². The van der Waals surface area contributed by atoms with E-state index < -0.39 is 0 Å². The summed E-state index contributed by atoms with van der Waals surface area (Å²) in [6, 6.07) is 1.79. The molecule has 0 atom stereocenters. The van der Waals surface area contributed by atoms with Gasteiger partial charge in [-0.25, -0.2) is 9.97 Å². The molecule has 15 heavy (non-hydrogen) atoms. The third kappa shape index (κ3) is 1.81. The predicted molar refractivity (Wildman–Crippen MR) is 66.3 cm³/mol. The van der Waals surface area contributed by atoms with Crippen LogP contribution in [0.1, 0.15) is 11.7 Å². The lowest BCUT2D eigenvalue weighted by Crippen LogP contribution is -2.06. The molecule has 0 fully saturated rings. The minimum atomic E-state index is -0.0603. The molecule has 2 aromatic heterocycles. The molecule has 2 heterocycles. The third-order valence-corrected chi connectivity index (χ3v) is 2.53. The number of fused-ring (bicyclic) bond motifs is 1. The first-order valence-corrected chi connectivity index (χ1v) is 5.30. The summed E-state index contributed by atoms with van der Waals surface area (Å²) < 4.78 is 3.33. The smallest absolute Gasteiger partial charge is 0.229 e. The minimum Gasteiger partial charge on any atom is -0.301 e. The molecule has 0 aliphatic carbocycles. The van der Waals surface area contributed by atoms with Crippen molar-refractivity contribution in [3.05, 3.63) is 18.5 Å². The van der Waals surface area contributed by atoms with E-state index in [1.54, 1.807) is 18.5 Å². The number of hydrogen-bond acceptors (Lipinski definition) is 4. The summed E-state index contributed by atoms with van der Waals surface area (Å²) in [5, 5.41) is 0. The van der Waals surface area contributed by atoms with E-state index >= 15 is 0 Å². The number of aromatic nitrogens is 3. The fourth-order valence-corrected chi connectivity index (χ4v) is 1.54. The lowest BCUT2D eigenvalue weighted by Gasteiger charge is -2.07. The number of carbonyl (C=O) groups is 1. The van der Waals surface area contributed by atoms with Gasteiger partial charge in [0, 0.05) is 20.2 Å². The first kappa shape index (κ1) is 10.3. The van der Waals surface area contributed by atoms with Gasteiger partial charge in [-0.1, -0.05) is 0 Å². The van der Waals surface area contributed by atoms with E-state index in [4.69, 9.17) is 0 Å². The lowest BCUT2D eigenvalue weighted by atomic mass is 10.5. The summed E-state index contributed by atoms with van der Waals surface area (Å²) in [6.07, 6.45) is 3.33. The quantitative estimate of drug-likeness (QED) is 0.595. The zero-order valence-corrected chi connectivity index (χ0v) is 10.5. The highest BCUT2D eigenvalue weighted by Crippen LogP contribution is 2.17. The number of carbonyl (C=O) groups excluding carboxylic acids is 1. The molecule has 0 aromatic carbocycles. The van der Waals surface area contributed by atoms with Gasteiger partial charge in [-0.2, -0.15) is 0 Å². The second-order valence-corrected chi connectivity index (χ2v) is 4.57. The van der Waals surface area contributed by atoms with Crippen LogP contribution in [0.5, 0.6) is 0 Å². The standard InChI is InChI=1S/C9H9IN4O/c1-6(15)14-4-3-7-9(14)11-5-8(12-7)13(2)10/h3-5H,1-2H3. The normalized spacial score (nSPS) is 10.6. The van der Waals surface area contributed by atoms with Gasteiger partial charge in [-0.05, 0) is 6.07 Å². The van der Waals surface area contributed by atoms with Crippen LogP contribution in [0.25, 0.3) is 11.2 Å². The summed E-state index contributed by atoms with van der Waals surface area (Å²) in [5.41, 5.74) is 1.33. The van der Waals surface area contributed by atoms with Crippen LogP contribution < -0.4 is 3.11 Å². The molecule has 0 saturated heterocycles. The second-order valence-electron chi connectivity index (χ2n) is 3.12. The molecule has 0 saturated carbocycles. The Morgan fingerprint density at radius 2 is 2.33 bits per heavy atom. The van der Waals surface area contributed by atoms with Gasteiger partial charge in [-0.15, -0.1) is 0 Å². The number of anilines is 1. The van der Waals surface area contributed by atoms with Gasteiger partial charge < -0.3 is 3.11 Å². The van der Waals surface area contributed by atoms with E-state index in [1.165, 1.54) is 11.5 Å². The van der Waals surface area contributed by atoms with Crippen molar-refractivity contribution in [1.82, 2.24) is 14.5 Å². The van der Waals surface area contributed by atoms with Crippen LogP contribution in [-0.2, 0) is 0 Å². The van der Waals surface area contributed by atoms with Crippen molar-refractivity contribution in [3.8, 4) is 0 Å². The van der Waals surface area contributed by atoms with Gasteiger partial charge >= 0.3 is 0 Å². The Balaban J connectivity index is 2.61. The topological polar surface area (TPSA) is 51.0 Å². The van der Waals surface area contributed by atoms with E-state index in [0.29, 0.717) is 5.65 Å². The molecule has 0 N–H and O–H groups in total. The van der Waals surface area contributed by atoms with Crippen molar-refractivity contribution in [2.45, 2.75) is 6.92 Å². The predicted octanol–water partition coefficient (Wildman–Crippen LogP) is 1.88. The Bertz CT molecular complexity index is 520. The fraction of sp³-hybridized carbons (Fsp3) is 0.222. The molecule has 0 spiro atoms. The van der Waals surface area contributed by atoms with E-state index in [1.807, 2.05) is 10.2 Å². The summed E-state index contributed by atoms with van der Waals surface area (Å²) >= 11 is 2.12. The Labute approximate surface area is 101 Å². The first-order valence-electron chi connectivity index (χ1n) is 4.34. The SMILES string of the molecule is CC(=O)n1ccc2nc(N(C)I)cnc21. The summed E-state index contributed by atoms with van der Waals surface area (Å²) in [5.74, 6) is 0.708. The summed E-state index contributed by atoms with van der Waals surface area (Å²) in [4.78, 5) is 19.8. The maximum absolute atomic E-state index is 11.2. The van der Waals surface area contributed by atoms with Gasteiger partial charge in [0.1, 0.15) is 5.52 Å². The molecular formula is C9H9IN4O. The average Bonchev–Trinajstić information content (AvgIpc) is 2.59. The van der Waals surface area contributed by atoms with E-state index in [9.17, 15) is 4.79 Å². The lowest BCUT2D eigenvalue weighted by molar-refractivity contribution is 0.0941. The molecule has 0 bridgehead atoms. The molecular weight excluding hydrogens is 307 g/mol. The summed E-state index contributed by atoms with van der Waals surface area (Å²) in [6.45, 7) is 1.50. The van der Waals surface area contributed by atoms with Gasteiger partial charge in [0.2, 0.25) is 5.91 Å². The molecule has 0 aliphatic heterocycles. The van der Waals surface area contributed by atoms with Crippen molar-refractivity contribution in [1.29, 1.82) is 0 Å². The van der Waals surface area contributed by atoms with Crippen molar-refractivity contribution in [2.24, 2.45) is 0 Å². The van der Waals surface area contributed by atoms with Gasteiger partial charge in [0.15, 0.2) is 11.5 Å². The Morgan fingerprint density at radius 1 is 1.60 bits per heavy atom. The highest BCUT2D eigenvalue weighted by molar-refractivity contribution is 14.1. The number of nitrogens with zero attached hydrogens (tertiary/aromatic N) is 4. The van der Waals surface area contributed by atoms with E-state index in [-0.39, 0.29) is 5.91 Å². The van der Waals surface area contributed by atoms with Crippen LogP contribution in [0.15, 0.2) is 18.5 Å². The molecule has 0 amide bonds. The average molecular weight is 316 g/mol. The second kappa shape index (κ2) is 3.76. The molecule has 5 nitrogen and oxygen atoms in total. The number of rotatable bonds is 1. The van der Waals surface area contributed by atoms with Gasteiger partial charge in [0.05, 0.1) is 29.1 Å². The fourth-order valence-electron chi connectivity index (χ4n) is 1.30. The number of halogens is 1. The maximum Gasteiger partial charge on any atom is 0.229 e. The summed E-state index contributed by atoms with van der Waals surface area (Å²) in [7, 11) is 1.89. The van der Waals surface area contributed by atoms with Crippen LogP contribution in [0.3, 0.4) is 0 Å². The maximum atomic E-state index is 11.2. The van der Waals surface area contributed by atoms with Crippen molar-refractivity contribution < 1.29 is 4.79 Å². The van der Waals surface area contributed by atoms with Crippen LogP contribution in [0.2, 0.25) is 0 Å². The zero-order valence-electron chi connectivity index (χ0n) is 8.31. The number of hydrogen-bond donors (Lipinski definition) is 0. The van der Waals surface area contributed by atoms with Crippen LogP contribution in [0, 0.1) is 0 Å². The monoisotopic (exact) mass is 316 g/mol. The molecule has 2 rings (SSSR count). The Kier molecular flexibility index (Phi) is 2.59. The molecule has 0 radical (unpaired) electrons. The third-order valence-electron chi connectivity index (χ3n) is 2.03. The molecule has 0 unspecified atom stereocenters. The van der Waals surface area contributed by atoms with Gasteiger partial charge in [0.25, 0.3) is 0 Å². The largest absolute Gasteiger partial charge is 0.301 e. The molecule has 6 heteroatoms. The van der Waals surface area contributed by atoms with Crippen LogP contribution in [-0.4, -0.2) is 27.5 Å². The van der Waals surface area contributed by atoms with Crippen LogP contribution in [0.4, 0.5) is 5.82 Å². The van der Waals surface area contributed by atoms with Crippen molar-refractivity contribution >= 4 is 45.8 Å². The highest BCUT2D eigenvalue weighted by atomic mass is 127. The molecule has 78 valence electrons. The first-order chi connectivity index (χ1) is 7.09.